The van der Waals surface area contributed by atoms with Crippen molar-refractivity contribution in [2.24, 2.45) is 5.73 Å². The summed E-state index contributed by atoms with van der Waals surface area (Å²) in [5.74, 6) is 0.0174. The second kappa shape index (κ2) is 7.05. The Labute approximate surface area is 112 Å². The standard InChI is InChI=1S/C11H21N5O3/c1-11(2,3)14-6-9-15-16-10(19-9)13-4-5-18-7-8(12)17/h14H,4-7H2,1-3H3,(H2,12,17)(H,13,16). The van der Waals surface area contributed by atoms with E-state index in [2.05, 4.69) is 41.6 Å². The van der Waals surface area contributed by atoms with Gasteiger partial charge in [0.15, 0.2) is 0 Å². The minimum atomic E-state index is -0.492. The van der Waals surface area contributed by atoms with Gasteiger partial charge in [0.1, 0.15) is 6.61 Å². The van der Waals surface area contributed by atoms with Gasteiger partial charge < -0.3 is 25.5 Å². The molecule has 1 aromatic heterocycles. The number of hydrogen-bond acceptors (Lipinski definition) is 7. The highest BCUT2D eigenvalue weighted by molar-refractivity contribution is 5.74. The fourth-order valence-electron chi connectivity index (χ4n) is 1.14. The molecule has 0 aliphatic carbocycles. The van der Waals surface area contributed by atoms with Crippen LogP contribution in [0.1, 0.15) is 26.7 Å². The molecule has 0 saturated carbocycles. The summed E-state index contributed by atoms with van der Waals surface area (Å²) in [7, 11) is 0. The molecule has 4 N–H and O–H groups in total. The second-order valence-electron chi connectivity index (χ2n) is 5.05. The Bertz CT molecular complexity index is 399. The second-order valence-corrected chi connectivity index (χ2v) is 5.05. The average molecular weight is 271 g/mol. The van der Waals surface area contributed by atoms with Gasteiger partial charge >= 0.3 is 6.01 Å². The summed E-state index contributed by atoms with van der Waals surface area (Å²) in [6, 6.07) is 0.327. The predicted molar refractivity (Wildman–Crippen MR) is 69.4 cm³/mol. The lowest BCUT2D eigenvalue weighted by Gasteiger charge is -2.18. The van der Waals surface area contributed by atoms with Crippen LogP contribution in [0.5, 0.6) is 0 Å². The lowest BCUT2D eigenvalue weighted by Crippen LogP contribution is -2.35. The van der Waals surface area contributed by atoms with Crippen LogP contribution in [0.3, 0.4) is 0 Å². The quantitative estimate of drug-likeness (QED) is 0.564. The van der Waals surface area contributed by atoms with Crippen LogP contribution in [0.25, 0.3) is 0 Å². The first-order chi connectivity index (χ1) is 8.87. The van der Waals surface area contributed by atoms with E-state index >= 15 is 0 Å². The lowest BCUT2D eigenvalue weighted by atomic mass is 10.1. The van der Waals surface area contributed by atoms with Crippen LogP contribution in [-0.4, -0.2) is 41.4 Å². The molecule has 0 bridgehead atoms. The molecule has 0 unspecified atom stereocenters. The number of nitrogens with zero attached hydrogens (tertiary/aromatic N) is 2. The third-order valence-corrected chi connectivity index (χ3v) is 2.00. The molecule has 108 valence electrons. The van der Waals surface area contributed by atoms with E-state index in [0.29, 0.717) is 31.6 Å². The van der Waals surface area contributed by atoms with Crippen LogP contribution >= 0.6 is 0 Å². The molecule has 0 aliphatic heterocycles. The molecule has 1 aromatic rings. The number of primary amides is 1. The first-order valence-electron chi connectivity index (χ1n) is 6.04. The van der Waals surface area contributed by atoms with Gasteiger partial charge in [-0.25, -0.2) is 0 Å². The smallest absolute Gasteiger partial charge is 0.315 e. The van der Waals surface area contributed by atoms with E-state index < -0.39 is 5.91 Å². The molecule has 1 amide bonds. The molecule has 0 aromatic carbocycles. The number of aromatic nitrogens is 2. The normalized spacial score (nSPS) is 11.5. The molecule has 0 fully saturated rings. The molecule has 8 heteroatoms. The number of rotatable bonds is 8. The topological polar surface area (TPSA) is 115 Å². The minimum absolute atomic E-state index is 0.00926. The van der Waals surface area contributed by atoms with E-state index in [0.717, 1.165) is 0 Å². The van der Waals surface area contributed by atoms with Crippen molar-refractivity contribution in [2.45, 2.75) is 32.9 Å². The first kappa shape index (κ1) is 15.4. The van der Waals surface area contributed by atoms with Gasteiger partial charge in [0.2, 0.25) is 11.8 Å². The van der Waals surface area contributed by atoms with Crippen LogP contribution in [0.4, 0.5) is 6.01 Å². The third-order valence-electron chi connectivity index (χ3n) is 2.00. The molecular weight excluding hydrogens is 250 g/mol. The lowest BCUT2D eigenvalue weighted by molar-refractivity contribution is -0.122. The maximum Gasteiger partial charge on any atom is 0.315 e. The monoisotopic (exact) mass is 271 g/mol. The predicted octanol–water partition coefficient (Wildman–Crippen LogP) is -0.128. The summed E-state index contributed by atoms with van der Waals surface area (Å²) >= 11 is 0. The zero-order chi connectivity index (χ0) is 14.3. The molecule has 1 rings (SSSR count). The van der Waals surface area contributed by atoms with Gasteiger partial charge in [-0.05, 0) is 20.8 Å². The van der Waals surface area contributed by atoms with Crippen LogP contribution in [0.2, 0.25) is 0 Å². The van der Waals surface area contributed by atoms with Crippen molar-refractivity contribution in [1.82, 2.24) is 15.5 Å². The Morgan fingerprint density at radius 2 is 2.16 bits per heavy atom. The minimum Gasteiger partial charge on any atom is -0.407 e. The van der Waals surface area contributed by atoms with Gasteiger partial charge in [0.25, 0.3) is 0 Å². The Kier molecular flexibility index (Phi) is 5.71. The maximum absolute atomic E-state index is 10.4. The number of carbonyl (C=O) groups is 1. The van der Waals surface area contributed by atoms with Gasteiger partial charge in [0.05, 0.1) is 13.2 Å². The first-order valence-corrected chi connectivity index (χ1v) is 6.04. The number of nitrogens with two attached hydrogens (primary N) is 1. The Morgan fingerprint density at radius 1 is 1.42 bits per heavy atom. The highest BCUT2D eigenvalue weighted by atomic mass is 16.5. The maximum atomic E-state index is 10.4. The Morgan fingerprint density at radius 3 is 2.79 bits per heavy atom. The fourth-order valence-corrected chi connectivity index (χ4v) is 1.14. The Balaban J connectivity index is 2.21. The molecule has 0 aliphatic rings. The average Bonchev–Trinajstić information content (AvgIpc) is 2.72. The van der Waals surface area contributed by atoms with E-state index in [1.807, 2.05) is 0 Å². The van der Waals surface area contributed by atoms with Crippen molar-refractivity contribution < 1.29 is 13.9 Å². The Hall–Kier alpha value is -1.67. The highest BCUT2D eigenvalue weighted by Crippen LogP contribution is 2.07. The zero-order valence-corrected chi connectivity index (χ0v) is 11.5. The zero-order valence-electron chi connectivity index (χ0n) is 11.5. The van der Waals surface area contributed by atoms with Gasteiger partial charge in [-0.1, -0.05) is 5.10 Å². The number of ether oxygens (including phenoxy) is 1. The summed E-state index contributed by atoms with van der Waals surface area (Å²) in [5.41, 5.74) is 4.92. The van der Waals surface area contributed by atoms with Crippen molar-refractivity contribution in [1.29, 1.82) is 0 Å². The molecule has 1 heterocycles. The molecule has 0 spiro atoms. The van der Waals surface area contributed by atoms with Gasteiger partial charge in [0, 0.05) is 12.1 Å². The van der Waals surface area contributed by atoms with Crippen LogP contribution in [0.15, 0.2) is 4.42 Å². The molecule has 0 atom stereocenters. The van der Waals surface area contributed by atoms with Crippen LogP contribution < -0.4 is 16.4 Å². The van der Waals surface area contributed by atoms with E-state index in [9.17, 15) is 4.79 Å². The van der Waals surface area contributed by atoms with Crippen LogP contribution in [0, 0.1) is 0 Å². The van der Waals surface area contributed by atoms with Gasteiger partial charge in [-0.2, -0.15) is 0 Å². The number of amides is 1. The van der Waals surface area contributed by atoms with Crippen LogP contribution in [-0.2, 0) is 16.1 Å². The van der Waals surface area contributed by atoms with E-state index in [-0.39, 0.29) is 12.1 Å². The summed E-state index contributed by atoms with van der Waals surface area (Å²) in [4.78, 5) is 10.4. The SMILES string of the molecule is CC(C)(C)NCc1nnc(NCCOCC(N)=O)o1. The van der Waals surface area contributed by atoms with Crippen molar-refractivity contribution in [3.05, 3.63) is 5.89 Å². The van der Waals surface area contributed by atoms with Crippen molar-refractivity contribution in [3.63, 3.8) is 0 Å². The summed E-state index contributed by atoms with van der Waals surface area (Å²) in [5, 5.41) is 13.9. The van der Waals surface area contributed by atoms with Crippen molar-refractivity contribution in [2.75, 3.05) is 25.1 Å². The number of hydrogen-bond donors (Lipinski definition) is 3. The van der Waals surface area contributed by atoms with E-state index in [1.54, 1.807) is 0 Å². The molecular formula is C11H21N5O3. The molecule has 8 nitrogen and oxygen atoms in total. The fraction of sp³-hybridized carbons (Fsp3) is 0.727. The van der Waals surface area contributed by atoms with Gasteiger partial charge in [-0.15, -0.1) is 5.10 Å². The largest absolute Gasteiger partial charge is 0.407 e. The molecule has 19 heavy (non-hydrogen) atoms. The van der Waals surface area contributed by atoms with Crippen molar-refractivity contribution in [3.8, 4) is 0 Å². The number of carbonyl (C=O) groups excluding carboxylic acids is 1. The summed E-state index contributed by atoms with van der Waals surface area (Å²) in [6.45, 7) is 7.38. The van der Waals surface area contributed by atoms with Gasteiger partial charge in [-0.3, -0.25) is 4.79 Å². The third kappa shape index (κ3) is 7.37. The number of anilines is 1. The number of nitrogens with one attached hydrogen (secondary N) is 2. The highest BCUT2D eigenvalue weighted by Gasteiger charge is 2.11. The van der Waals surface area contributed by atoms with Crippen molar-refractivity contribution >= 4 is 11.9 Å². The van der Waals surface area contributed by atoms with E-state index in [1.165, 1.54) is 0 Å². The molecule has 0 saturated heterocycles. The van der Waals surface area contributed by atoms with E-state index in [4.69, 9.17) is 14.9 Å². The summed E-state index contributed by atoms with van der Waals surface area (Å²) < 4.78 is 10.3. The summed E-state index contributed by atoms with van der Waals surface area (Å²) in [6.07, 6.45) is 0. The molecule has 0 radical (unpaired) electrons.